The molecular weight excluding hydrogens is 457 g/mol. The van der Waals surface area contributed by atoms with Crippen molar-refractivity contribution in [3.8, 4) is 11.4 Å². The number of pyridine rings is 2. The first-order valence-electron chi connectivity index (χ1n) is 8.84. The van der Waals surface area contributed by atoms with Crippen molar-refractivity contribution in [3.63, 3.8) is 0 Å². The lowest BCUT2D eigenvalue weighted by Crippen LogP contribution is -2.14. The molecule has 30 heavy (non-hydrogen) atoms. The molecule has 1 atom stereocenters. The van der Waals surface area contributed by atoms with E-state index < -0.39 is 18.0 Å². The number of aromatic nitrogens is 4. The standard InChI is InChI=1S/C20H15BrFN5O3/c1-11(18-15(5-6-17(21)25-18)27-8-2-7-23-27)30-16-10-12-9-13(22)3-4-14(12)24-19(16)26-20(28)29/h2-11H,1H3,(H,24,26)(H,28,29)/t11-/m0/s1. The monoisotopic (exact) mass is 471 g/mol. The molecule has 0 saturated heterocycles. The molecule has 152 valence electrons. The van der Waals surface area contributed by atoms with Crippen LogP contribution in [0.25, 0.3) is 16.6 Å². The van der Waals surface area contributed by atoms with E-state index in [0.29, 0.717) is 26.9 Å². The van der Waals surface area contributed by atoms with E-state index in [1.165, 1.54) is 18.2 Å². The highest BCUT2D eigenvalue weighted by atomic mass is 79.9. The molecule has 0 unspecified atom stereocenters. The number of carbonyl (C=O) groups is 1. The predicted octanol–water partition coefficient (Wildman–Crippen LogP) is 4.95. The molecule has 3 aromatic heterocycles. The van der Waals surface area contributed by atoms with Crippen LogP contribution in [-0.2, 0) is 0 Å². The molecule has 0 radical (unpaired) electrons. The van der Waals surface area contributed by atoms with E-state index >= 15 is 0 Å². The van der Waals surface area contributed by atoms with Gasteiger partial charge in [-0.2, -0.15) is 5.10 Å². The molecule has 4 aromatic rings. The molecule has 0 bridgehead atoms. The highest BCUT2D eigenvalue weighted by molar-refractivity contribution is 9.10. The minimum atomic E-state index is -1.29. The van der Waals surface area contributed by atoms with Gasteiger partial charge in [-0.3, -0.25) is 5.32 Å². The van der Waals surface area contributed by atoms with Gasteiger partial charge in [0.2, 0.25) is 0 Å². The number of fused-ring (bicyclic) bond motifs is 1. The fourth-order valence-corrected chi connectivity index (χ4v) is 3.32. The minimum Gasteiger partial charge on any atom is -0.480 e. The number of benzene rings is 1. The van der Waals surface area contributed by atoms with Gasteiger partial charge in [0.15, 0.2) is 11.6 Å². The number of ether oxygens (including phenoxy) is 1. The predicted molar refractivity (Wildman–Crippen MR) is 111 cm³/mol. The van der Waals surface area contributed by atoms with Gasteiger partial charge in [0.25, 0.3) is 0 Å². The van der Waals surface area contributed by atoms with E-state index in [1.807, 2.05) is 6.07 Å². The van der Waals surface area contributed by atoms with Gasteiger partial charge >= 0.3 is 6.09 Å². The summed E-state index contributed by atoms with van der Waals surface area (Å²) in [5, 5.41) is 16.1. The maximum absolute atomic E-state index is 13.7. The quantitative estimate of drug-likeness (QED) is 0.399. The van der Waals surface area contributed by atoms with Crippen LogP contribution in [0, 0.1) is 5.82 Å². The van der Waals surface area contributed by atoms with Gasteiger partial charge < -0.3 is 9.84 Å². The van der Waals surface area contributed by atoms with Gasteiger partial charge in [-0.05, 0) is 65.3 Å². The maximum Gasteiger partial charge on any atom is 0.410 e. The summed E-state index contributed by atoms with van der Waals surface area (Å²) in [4.78, 5) is 20.0. The van der Waals surface area contributed by atoms with E-state index in [1.54, 1.807) is 42.2 Å². The number of halogens is 2. The fraction of sp³-hybridized carbons (Fsp3) is 0.100. The third kappa shape index (κ3) is 4.08. The van der Waals surface area contributed by atoms with E-state index in [4.69, 9.17) is 9.84 Å². The summed E-state index contributed by atoms with van der Waals surface area (Å²) in [6.45, 7) is 1.77. The van der Waals surface area contributed by atoms with Crippen LogP contribution in [0.1, 0.15) is 18.7 Å². The van der Waals surface area contributed by atoms with Gasteiger partial charge in [-0.25, -0.2) is 23.8 Å². The lowest BCUT2D eigenvalue weighted by molar-refractivity contribution is 0.207. The topological polar surface area (TPSA) is 102 Å². The van der Waals surface area contributed by atoms with Crippen molar-refractivity contribution in [2.45, 2.75) is 13.0 Å². The average Bonchev–Trinajstić information content (AvgIpc) is 3.22. The Hall–Kier alpha value is -3.53. The number of amides is 1. The first-order chi connectivity index (χ1) is 14.4. The molecule has 10 heteroatoms. The van der Waals surface area contributed by atoms with Crippen LogP contribution in [0.5, 0.6) is 5.75 Å². The van der Waals surface area contributed by atoms with Crippen LogP contribution in [-0.4, -0.2) is 30.9 Å². The molecule has 1 aromatic carbocycles. The molecule has 8 nitrogen and oxygen atoms in total. The Morgan fingerprint density at radius 1 is 1.27 bits per heavy atom. The SMILES string of the molecule is C[C@H](Oc1cc2cc(F)ccc2nc1NC(=O)O)c1nc(Br)ccc1-n1cccn1. The van der Waals surface area contributed by atoms with E-state index in [-0.39, 0.29) is 11.6 Å². The second-order valence-electron chi connectivity index (χ2n) is 6.35. The zero-order chi connectivity index (χ0) is 21.3. The lowest BCUT2D eigenvalue weighted by Gasteiger charge is -2.19. The van der Waals surface area contributed by atoms with Crippen molar-refractivity contribution in [1.82, 2.24) is 19.7 Å². The van der Waals surface area contributed by atoms with E-state index in [0.717, 1.165) is 0 Å². The van der Waals surface area contributed by atoms with Crippen LogP contribution in [0.4, 0.5) is 15.0 Å². The Morgan fingerprint density at radius 3 is 2.83 bits per heavy atom. The van der Waals surface area contributed by atoms with Gasteiger partial charge in [-0.1, -0.05) is 0 Å². The number of anilines is 1. The van der Waals surface area contributed by atoms with Gasteiger partial charge in [0.1, 0.15) is 22.2 Å². The molecule has 0 aliphatic heterocycles. The van der Waals surface area contributed by atoms with E-state index in [2.05, 4.69) is 36.3 Å². The largest absolute Gasteiger partial charge is 0.480 e. The normalized spacial score (nSPS) is 12.0. The molecule has 2 N–H and O–H groups in total. The first-order valence-corrected chi connectivity index (χ1v) is 9.63. The third-order valence-corrected chi connectivity index (χ3v) is 4.72. The van der Waals surface area contributed by atoms with Crippen LogP contribution < -0.4 is 10.1 Å². The number of nitrogens with zero attached hydrogens (tertiary/aromatic N) is 4. The summed E-state index contributed by atoms with van der Waals surface area (Å²) in [5.74, 6) is -0.280. The van der Waals surface area contributed by atoms with E-state index in [9.17, 15) is 9.18 Å². The molecule has 0 aliphatic rings. The Morgan fingerprint density at radius 2 is 2.10 bits per heavy atom. The highest BCUT2D eigenvalue weighted by Gasteiger charge is 2.20. The van der Waals surface area contributed by atoms with Crippen LogP contribution in [0.2, 0.25) is 0 Å². The Labute approximate surface area is 178 Å². The van der Waals surface area contributed by atoms with Crippen molar-refractivity contribution in [2.24, 2.45) is 0 Å². The first kappa shape index (κ1) is 19.8. The van der Waals surface area contributed by atoms with Crippen LogP contribution in [0.15, 0.2) is 59.5 Å². The molecule has 0 fully saturated rings. The number of rotatable bonds is 5. The Balaban J connectivity index is 1.77. The molecule has 4 rings (SSSR count). The van der Waals surface area contributed by atoms with Gasteiger partial charge in [0.05, 0.1) is 11.2 Å². The summed E-state index contributed by atoms with van der Waals surface area (Å²) >= 11 is 3.36. The number of carboxylic acid groups (broad SMARTS) is 1. The van der Waals surface area contributed by atoms with Crippen LogP contribution in [0.3, 0.4) is 0 Å². The Kier molecular flexibility index (Phi) is 5.32. The average molecular weight is 472 g/mol. The summed E-state index contributed by atoms with van der Waals surface area (Å²) < 4.78 is 22.0. The van der Waals surface area contributed by atoms with Gasteiger partial charge in [-0.15, -0.1) is 0 Å². The molecule has 1 amide bonds. The summed E-state index contributed by atoms with van der Waals surface area (Å²) in [6.07, 6.45) is 1.52. The van der Waals surface area contributed by atoms with Crippen molar-refractivity contribution in [1.29, 1.82) is 0 Å². The van der Waals surface area contributed by atoms with Crippen molar-refractivity contribution >= 4 is 38.7 Å². The smallest absolute Gasteiger partial charge is 0.410 e. The second-order valence-corrected chi connectivity index (χ2v) is 7.16. The number of nitrogens with one attached hydrogen (secondary N) is 1. The summed E-state index contributed by atoms with van der Waals surface area (Å²) in [5.41, 5.74) is 1.69. The number of hydrogen-bond donors (Lipinski definition) is 2. The number of hydrogen-bond acceptors (Lipinski definition) is 5. The summed E-state index contributed by atoms with van der Waals surface area (Å²) in [7, 11) is 0. The zero-order valence-electron chi connectivity index (χ0n) is 15.6. The molecule has 0 aliphatic carbocycles. The zero-order valence-corrected chi connectivity index (χ0v) is 17.2. The second kappa shape index (κ2) is 8.07. The van der Waals surface area contributed by atoms with Crippen LogP contribution >= 0.6 is 15.9 Å². The van der Waals surface area contributed by atoms with Gasteiger partial charge in [0, 0.05) is 17.8 Å². The highest BCUT2D eigenvalue weighted by Crippen LogP contribution is 2.33. The summed E-state index contributed by atoms with van der Waals surface area (Å²) in [6, 6.07) is 11.0. The Bertz CT molecular complexity index is 1230. The lowest BCUT2D eigenvalue weighted by atomic mass is 10.2. The fourth-order valence-electron chi connectivity index (χ4n) is 3.00. The molecule has 0 spiro atoms. The molecule has 0 saturated carbocycles. The van der Waals surface area contributed by atoms with Crippen molar-refractivity contribution < 1.29 is 19.0 Å². The molecular formula is C20H15BrFN5O3. The molecule has 3 heterocycles. The van der Waals surface area contributed by atoms with Crippen molar-refractivity contribution in [3.05, 3.63) is 71.0 Å². The third-order valence-electron chi connectivity index (χ3n) is 4.28. The minimum absolute atomic E-state index is 0.00379. The maximum atomic E-state index is 13.7. The van der Waals surface area contributed by atoms with Crippen molar-refractivity contribution in [2.75, 3.05) is 5.32 Å².